The summed E-state index contributed by atoms with van der Waals surface area (Å²) in [4.78, 5) is 8.42. The van der Waals surface area contributed by atoms with Crippen LogP contribution in [0.15, 0.2) is 24.3 Å². The summed E-state index contributed by atoms with van der Waals surface area (Å²) in [5.41, 5.74) is 1.06. The van der Waals surface area contributed by atoms with Gasteiger partial charge in [-0.2, -0.15) is 0 Å². The van der Waals surface area contributed by atoms with E-state index in [1.54, 1.807) is 18.2 Å². The van der Waals surface area contributed by atoms with Gasteiger partial charge in [0.1, 0.15) is 5.15 Å². The van der Waals surface area contributed by atoms with Gasteiger partial charge in [0.25, 0.3) is 0 Å². The summed E-state index contributed by atoms with van der Waals surface area (Å²) in [6, 6.07) is 6.44. The Hall–Kier alpha value is -1.19. The molecule has 100 valence electrons. The third kappa shape index (κ3) is 3.43. The molecule has 1 aromatic carbocycles. The van der Waals surface area contributed by atoms with Crippen molar-refractivity contribution in [3.8, 4) is 11.4 Å². The maximum Gasteiger partial charge on any atom is 0.164 e. The molecule has 0 spiro atoms. The summed E-state index contributed by atoms with van der Waals surface area (Å²) in [7, 11) is 0. The van der Waals surface area contributed by atoms with Crippen molar-refractivity contribution in [3.05, 3.63) is 46.0 Å². The molecule has 0 bridgehead atoms. The van der Waals surface area contributed by atoms with Crippen LogP contribution in [0.5, 0.6) is 0 Å². The monoisotopic (exact) mass is 298 g/mol. The van der Waals surface area contributed by atoms with Gasteiger partial charge in [0.2, 0.25) is 0 Å². The first-order chi connectivity index (χ1) is 8.97. The van der Waals surface area contributed by atoms with Gasteiger partial charge in [-0.15, -0.1) is 0 Å². The van der Waals surface area contributed by atoms with Crippen molar-refractivity contribution in [1.82, 2.24) is 9.97 Å². The van der Waals surface area contributed by atoms with Crippen molar-refractivity contribution >= 4 is 23.2 Å². The molecule has 2 aromatic rings. The highest BCUT2D eigenvalue weighted by atomic mass is 35.5. The van der Waals surface area contributed by atoms with E-state index in [1.165, 1.54) is 6.07 Å². The van der Waals surface area contributed by atoms with Crippen LogP contribution in [0.3, 0.4) is 0 Å². The Balaban J connectivity index is 2.50. The Morgan fingerprint density at radius 3 is 2.63 bits per heavy atom. The number of hydrogen-bond donors (Lipinski definition) is 0. The van der Waals surface area contributed by atoms with Gasteiger partial charge >= 0.3 is 0 Å². The first-order valence-electron chi connectivity index (χ1n) is 5.95. The van der Waals surface area contributed by atoms with Crippen molar-refractivity contribution in [2.24, 2.45) is 5.92 Å². The fourth-order valence-corrected chi connectivity index (χ4v) is 2.16. The van der Waals surface area contributed by atoms with Gasteiger partial charge in [-0.05, 0) is 30.5 Å². The molecule has 0 aliphatic rings. The minimum atomic E-state index is -0.526. The number of aromatic nitrogens is 2. The van der Waals surface area contributed by atoms with Crippen LogP contribution in [0.2, 0.25) is 10.2 Å². The van der Waals surface area contributed by atoms with E-state index in [4.69, 9.17) is 23.2 Å². The molecule has 19 heavy (non-hydrogen) atoms. The van der Waals surface area contributed by atoms with Crippen LogP contribution in [0.4, 0.5) is 4.39 Å². The van der Waals surface area contributed by atoms with Crippen LogP contribution >= 0.6 is 23.2 Å². The van der Waals surface area contributed by atoms with Gasteiger partial charge in [0.05, 0.1) is 10.6 Å². The molecule has 0 aliphatic carbocycles. The van der Waals surface area contributed by atoms with Crippen LogP contribution in [-0.2, 0) is 6.42 Å². The molecule has 0 radical (unpaired) electrons. The van der Waals surface area contributed by atoms with Crippen molar-refractivity contribution < 1.29 is 4.39 Å². The fraction of sp³-hybridized carbons (Fsp3) is 0.286. The molecule has 0 N–H and O–H groups in total. The average molecular weight is 299 g/mol. The first kappa shape index (κ1) is 14.2. The summed E-state index contributed by atoms with van der Waals surface area (Å²) in [6.45, 7) is 4.16. The number of rotatable bonds is 3. The first-order valence-corrected chi connectivity index (χ1v) is 6.71. The number of halogens is 3. The minimum Gasteiger partial charge on any atom is -0.233 e. The van der Waals surface area contributed by atoms with E-state index in [0.29, 0.717) is 11.1 Å². The molecule has 2 rings (SSSR count). The molecule has 0 saturated carbocycles. The molecule has 1 heterocycles. The Morgan fingerprint density at radius 2 is 1.95 bits per heavy atom. The smallest absolute Gasteiger partial charge is 0.164 e. The molecule has 0 atom stereocenters. The maximum absolute atomic E-state index is 14.0. The lowest BCUT2D eigenvalue weighted by Gasteiger charge is -2.08. The third-order valence-electron chi connectivity index (χ3n) is 2.56. The van der Waals surface area contributed by atoms with Crippen LogP contribution in [0.1, 0.15) is 19.5 Å². The molecule has 5 heteroatoms. The Kier molecular flexibility index (Phi) is 4.38. The zero-order valence-electron chi connectivity index (χ0n) is 10.6. The van der Waals surface area contributed by atoms with Gasteiger partial charge in [0.15, 0.2) is 11.6 Å². The summed E-state index contributed by atoms with van der Waals surface area (Å²) >= 11 is 11.7. The summed E-state index contributed by atoms with van der Waals surface area (Å²) in [6.07, 6.45) is 0.761. The SMILES string of the molecule is CC(C)Cc1cc(Cl)nc(-c2cccc(Cl)c2F)n1. The second-order valence-corrected chi connectivity index (χ2v) is 5.50. The predicted octanol–water partition coefficient (Wildman–Crippen LogP) is 4.79. The predicted molar refractivity (Wildman–Crippen MR) is 76.0 cm³/mol. The summed E-state index contributed by atoms with van der Waals surface area (Å²) < 4.78 is 14.0. The van der Waals surface area contributed by atoms with Crippen LogP contribution < -0.4 is 0 Å². The van der Waals surface area contributed by atoms with E-state index >= 15 is 0 Å². The van der Waals surface area contributed by atoms with E-state index in [9.17, 15) is 4.39 Å². The van der Waals surface area contributed by atoms with Gasteiger partial charge in [0, 0.05) is 5.69 Å². The highest BCUT2D eigenvalue weighted by molar-refractivity contribution is 6.31. The molecule has 0 fully saturated rings. The lowest BCUT2D eigenvalue weighted by Crippen LogP contribution is -2.01. The van der Waals surface area contributed by atoms with E-state index in [1.807, 2.05) is 0 Å². The third-order valence-corrected chi connectivity index (χ3v) is 3.04. The van der Waals surface area contributed by atoms with E-state index < -0.39 is 5.82 Å². The second-order valence-electron chi connectivity index (χ2n) is 4.70. The molecule has 0 saturated heterocycles. The standard InChI is InChI=1S/C14H13Cl2FN2/c1-8(2)6-9-7-12(16)19-14(18-9)10-4-3-5-11(15)13(10)17/h3-5,7-8H,6H2,1-2H3. The van der Waals surface area contributed by atoms with Crippen molar-refractivity contribution in [2.75, 3.05) is 0 Å². The maximum atomic E-state index is 14.0. The summed E-state index contributed by atoms with van der Waals surface area (Å²) in [5.74, 6) is 0.174. The highest BCUT2D eigenvalue weighted by Crippen LogP contribution is 2.26. The van der Waals surface area contributed by atoms with E-state index in [2.05, 4.69) is 23.8 Å². The van der Waals surface area contributed by atoms with Crippen molar-refractivity contribution in [2.45, 2.75) is 20.3 Å². The Labute approximate surface area is 121 Å². The van der Waals surface area contributed by atoms with Gasteiger partial charge in [-0.3, -0.25) is 0 Å². The molecular formula is C14H13Cl2FN2. The normalized spacial score (nSPS) is 11.1. The molecule has 0 amide bonds. The fourth-order valence-electron chi connectivity index (χ4n) is 1.78. The average Bonchev–Trinajstić information content (AvgIpc) is 2.31. The van der Waals surface area contributed by atoms with Gasteiger partial charge in [-0.1, -0.05) is 43.1 Å². The summed E-state index contributed by atoms with van der Waals surface area (Å²) in [5, 5.41) is 0.353. The highest BCUT2D eigenvalue weighted by Gasteiger charge is 2.13. The topological polar surface area (TPSA) is 25.8 Å². The van der Waals surface area contributed by atoms with Crippen LogP contribution in [-0.4, -0.2) is 9.97 Å². The van der Waals surface area contributed by atoms with Crippen LogP contribution in [0.25, 0.3) is 11.4 Å². The van der Waals surface area contributed by atoms with Crippen molar-refractivity contribution in [1.29, 1.82) is 0 Å². The lowest BCUT2D eigenvalue weighted by atomic mass is 10.1. The molecule has 1 aromatic heterocycles. The quantitative estimate of drug-likeness (QED) is 0.762. The van der Waals surface area contributed by atoms with E-state index in [-0.39, 0.29) is 16.4 Å². The zero-order valence-corrected chi connectivity index (χ0v) is 12.1. The van der Waals surface area contributed by atoms with Crippen molar-refractivity contribution in [3.63, 3.8) is 0 Å². The van der Waals surface area contributed by atoms with E-state index in [0.717, 1.165) is 12.1 Å². The number of nitrogens with zero attached hydrogens (tertiary/aromatic N) is 2. The number of hydrogen-bond acceptors (Lipinski definition) is 2. The Bertz CT molecular complexity index is 600. The largest absolute Gasteiger partial charge is 0.233 e. The van der Waals surface area contributed by atoms with Crippen LogP contribution in [0, 0.1) is 11.7 Å². The molecule has 0 unspecified atom stereocenters. The zero-order chi connectivity index (χ0) is 14.0. The molecule has 0 aliphatic heterocycles. The lowest BCUT2D eigenvalue weighted by molar-refractivity contribution is 0.626. The molecular weight excluding hydrogens is 286 g/mol. The second kappa shape index (κ2) is 5.85. The van der Waals surface area contributed by atoms with Gasteiger partial charge in [-0.25, -0.2) is 14.4 Å². The minimum absolute atomic E-state index is 0.0477. The van der Waals surface area contributed by atoms with Gasteiger partial charge < -0.3 is 0 Å². The molecule has 2 nitrogen and oxygen atoms in total. The Morgan fingerprint density at radius 1 is 1.21 bits per heavy atom. The number of benzene rings is 1.